The highest BCUT2D eigenvalue weighted by atomic mass is 16.5. The van der Waals surface area contributed by atoms with Crippen LogP contribution in [0.4, 0.5) is 11.6 Å². The number of nitrogens with two attached hydrogens (primary N) is 1. The van der Waals surface area contributed by atoms with Crippen LogP contribution in [-0.4, -0.2) is 24.1 Å². The van der Waals surface area contributed by atoms with Gasteiger partial charge in [0.25, 0.3) is 0 Å². The molecule has 5 nitrogen and oxygen atoms in total. The molecule has 0 unspecified atom stereocenters. The number of ether oxygens (including phenoxy) is 1. The Balaban J connectivity index is 2.22. The summed E-state index contributed by atoms with van der Waals surface area (Å²) in [5.74, 6) is 1.55. The van der Waals surface area contributed by atoms with Gasteiger partial charge in [0.15, 0.2) is 11.6 Å². The van der Waals surface area contributed by atoms with Gasteiger partial charge >= 0.3 is 0 Å². The molecule has 2 N–H and O–H groups in total. The second kappa shape index (κ2) is 5.56. The van der Waals surface area contributed by atoms with Gasteiger partial charge in [-0.3, -0.25) is 0 Å². The summed E-state index contributed by atoms with van der Waals surface area (Å²) >= 11 is 0. The maximum absolute atomic E-state index is 5.78. The van der Waals surface area contributed by atoms with E-state index in [9.17, 15) is 0 Å². The van der Waals surface area contributed by atoms with Gasteiger partial charge in [0.05, 0.1) is 7.11 Å². The van der Waals surface area contributed by atoms with Crippen LogP contribution in [0.1, 0.15) is 11.1 Å². The van der Waals surface area contributed by atoms with Gasteiger partial charge in [0.1, 0.15) is 6.33 Å². The summed E-state index contributed by atoms with van der Waals surface area (Å²) in [6, 6.07) is 8.38. The SMILES string of the molecule is COc1c(N)ncnc1N(C)Cc1ccc(C)cc1. The van der Waals surface area contributed by atoms with Crippen molar-refractivity contribution < 1.29 is 4.74 Å². The molecule has 1 heterocycles. The van der Waals surface area contributed by atoms with Gasteiger partial charge in [-0.2, -0.15) is 0 Å². The number of nitrogen functional groups attached to an aromatic ring is 1. The molecule has 0 aliphatic heterocycles. The van der Waals surface area contributed by atoms with Crippen molar-refractivity contribution >= 4 is 11.6 Å². The largest absolute Gasteiger partial charge is 0.490 e. The van der Waals surface area contributed by atoms with Crippen molar-refractivity contribution in [2.24, 2.45) is 0 Å². The minimum Gasteiger partial charge on any atom is -0.490 e. The summed E-state index contributed by atoms with van der Waals surface area (Å²) in [4.78, 5) is 10.1. The van der Waals surface area contributed by atoms with Crippen LogP contribution in [0.25, 0.3) is 0 Å². The van der Waals surface area contributed by atoms with Crippen LogP contribution in [-0.2, 0) is 6.54 Å². The molecule has 2 rings (SSSR count). The third-order valence-electron chi connectivity index (χ3n) is 2.92. The predicted octanol–water partition coefficient (Wildman–Crippen LogP) is 2.01. The lowest BCUT2D eigenvalue weighted by Crippen LogP contribution is -2.19. The van der Waals surface area contributed by atoms with Crippen LogP contribution >= 0.6 is 0 Å². The average molecular weight is 258 g/mol. The maximum atomic E-state index is 5.78. The third-order valence-corrected chi connectivity index (χ3v) is 2.92. The molecule has 0 aliphatic rings. The van der Waals surface area contributed by atoms with Crippen molar-refractivity contribution in [3.05, 3.63) is 41.7 Å². The van der Waals surface area contributed by atoms with Crippen molar-refractivity contribution in [2.75, 3.05) is 24.8 Å². The van der Waals surface area contributed by atoms with Gasteiger partial charge in [0, 0.05) is 13.6 Å². The highest BCUT2D eigenvalue weighted by molar-refractivity contribution is 5.62. The molecule has 0 bridgehead atoms. The number of anilines is 2. The first-order valence-corrected chi connectivity index (χ1v) is 6.03. The molecule has 2 aromatic rings. The smallest absolute Gasteiger partial charge is 0.204 e. The Morgan fingerprint density at radius 2 is 1.89 bits per heavy atom. The monoisotopic (exact) mass is 258 g/mol. The first-order valence-electron chi connectivity index (χ1n) is 6.03. The van der Waals surface area contributed by atoms with Crippen LogP contribution in [0.2, 0.25) is 0 Å². The lowest BCUT2D eigenvalue weighted by Gasteiger charge is -2.20. The first-order chi connectivity index (χ1) is 9.11. The number of methoxy groups -OCH3 is 1. The number of hydrogen-bond acceptors (Lipinski definition) is 5. The molecule has 19 heavy (non-hydrogen) atoms. The predicted molar refractivity (Wildman–Crippen MR) is 76.3 cm³/mol. The number of aromatic nitrogens is 2. The topological polar surface area (TPSA) is 64.3 Å². The van der Waals surface area contributed by atoms with Crippen molar-refractivity contribution in [2.45, 2.75) is 13.5 Å². The Labute approximate surface area is 113 Å². The number of nitrogens with zero attached hydrogens (tertiary/aromatic N) is 3. The molecule has 0 fully saturated rings. The van der Waals surface area contributed by atoms with E-state index in [1.165, 1.54) is 17.5 Å². The Kier molecular flexibility index (Phi) is 3.85. The Morgan fingerprint density at radius 3 is 2.53 bits per heavy atom. The number of rotatable bonds is 4. The minimum absolute atomic E-state index is 0.350. The molecule has 0 saturated carbocycles. The second-order valence-corrected chi connectivity index (χ2v) is 4.46. The fourth-order valence-electron chi connectivity index (χ4n) is 1.89. The van der Waals surface area contributed by atoms with Gasteiger partial charge in [-0.15, -0.1) is 0 Å². The molecule has 0 saturated heterocycles. The van der Waals surface area contributed by atoms with Crippen LogP contribution in [0, 0.1) is 6.92 Å². The van der Waals surface area contributed by atoms with E-state index >= 15 is 0 Å². The van der Waals surface area contributed by atoms with Crippen molar-refractivity contribution in [1.82, 2.24) is 9.97 Å². The van der Waals surface area contributed by atoms with Gasteiger partial charge in [0.2, 0.25) is 5.75 Å². The lowest BCUT2D eigenvalue weighted by atomic mass is 10.1. The Morgan fingerprint density at radius 1 is 1.21 bits per heavy atom. The van der Waals surface area contributed by atoms with E-state index in [2.05, 4.69) is 41.2 Å². The normalized spacial score (nSPS) is 10.3. The Hall–Kier alpha value is -2.30. The van der Waals surface area contributed by atoms with E-state index in [4.69, 9.17) is 10.5 Å². The Bertz CT molecular complexity index is 554. The quantitative estimate of drug-likeness (QED) is 0.908. The number of benzene rings is 1. The van der Waals surface area contributed by atoms with Crippen LogP contribution in [0.5, 0.6) is 5.75 Å². The summed E-state index contributed by atoms with van der Waals surface area (Å²) in [6.45, 7) is 2.80. The zero-order chi connectivity index (χ0) is 13.8. The molecule has 0 atom stereocenters. The average Bonchev–Trinajstić information content (AvgIpc) is 2.41. The molecule has 1 aromatic carbocycles. The van der Waals surface area contributed by atoms with E-state index in [-0.39, 0.29) is 0 Å². The molecule has 0 aliphatic carbocycles. The zero-order valence-corrected chi connectivity index (χ0v) is 11.4. The van der Waals surface area contributed by atoms with Gasteiger partial charge in [-0.05, 0) is 12.5 Å². The molecule has 100 valence electrons. The molecule has 5 heteroatoms. The summed E-state index contributed by atoms with van der Waals surface area (Å²) in [6.07, 6.45) is 1.44. The first kappa shape index (κ1) is 13.1. The van der Waals surface area contributed by atoms with Crippen molar-refractivity contribution in [1.29, 1.82) is 0 Å². The van der Waals surface area contributed by atoms with E-state index in [1.807, 2.05) is 11.9 Å². The third kappa shape index (κ3) is 2.93. The van der Waals surface area contributed by atoms with E-state index < -0.39 is 0 Å². The van der Waals surface area contributed by atoms with E-state index in [1.54, 1.807) is 7.11 Å². The maximum Gasteiger partial charge on any atom is 0.204 e. The summed E-state index contributed by atoms with van der Waals surface area (Å²) in [7, 11) is 3.52. The minimum atomic E-state index is 0.350. The van der Waals surface area contributed by atoms with Crippen molar-refractivity contribution in [3.63, 3.8) is 0 Å². The zero-order valence-electron chi connectivity index (χ0n) is 11.4. The number of aryl methyl sites for hydroxylation is 1. The highest BCUT2D eigenvalue weighted by Crippen LogP contribution is 2.29. The van der Waals surface area contributed by atoms with Crippen LogP contribution < -0.4 is 15.4 Å². The second-order valence-electron chi connectivity index (χ2n) is 4.46. The molecular weight excluding hydrogens is 240 g/mol. The summed E-state index contributed by atoms with van der Waals surface area (Å²) in [5.41, 5.74) is 8.23. The summed E-state index contributed by atoms with van der Waals surface area (Å²) < 4.78 is 5.26. The number of hydrogen-bond donors (Lipinski definition) is 1. The van der Waals surface area contributed by atoms with E-state index in [0.717, 1.165) is 6.54 Å². The highest BCUT2D eigenvalue weighted by Gasteiger charge is 2.13. The fourth-order valence-corrected chi connectivity index (χ4v) is 1.89. The molecule has 0 radical (unpaired) electrons. The van der Waals surface area contributed by atoms with Gasteiger partial charge < -0.3 is 15.4 Å². The van der Waals surface area contributed by atoms with Gasteiger partial charge in [-0.25, -0.2) is 9.97 Å². The summed E-state index contributed by atoms with van der Waals surface area (Å²) in [5, 5.41) is 0. The van der Waals surface area contributed by atoms with Crippen LogP contribution in [0.15, 0.2) is 30.6 Å². The molecule has 0 spiro atoms. The standard InChI is InChI=1S/C14H18N4O/c1-10-4-6-11(7-5-10)8-18(2)14-12(19-3)13(15)16-9-17-14/h4-7,9H,8H2,1-3H3,(H2,15,16,17). The fraction of sp³-hybridized carbons (Fsp3) is 0.286. The van der Waals surface area contributed by atoms with Crippen LogP contribution in [0.3, 0.4) is 0 Å². The van der Waals surface area contributed by atoms with Crippen molar-refractivity contribution in [3.8, 4) is 5.75 Å². The van der Waals surface area contributed by atoms with Gasteiger partial charge in [-0.1, -0.05) is 29.8 Å². The lowest BCUT2D eigenvalue weighted by molar-refractivity contribution is 0.413. The van der Waals surface area contributed by atoms with E-state index in [0.29, 0.717) is 17.4 Å². The molecule has 0 amide bonds. The molecule has 1 aromatic heterocycles. The molecular formula is C14H18N4O.